The van der Waals surface area contributed by atoms with Gasteiger partial charge in [-0.15, -0.1) is 0 Å². The monoisotopic (exact) mass is 478 g/mol. The van der Waals surface area contributed by atoms with Crippen LogP contribution in [0.1, 0.15) is 30.5 Å². The molecule has 4 N–H and O–H groups in total. The van der Waals surface area contributed by atoms with Crippen LogP contribution in [-0.2, 0) is 9.59 Å². The van der Waals surface area contributed by atoms with Crippen molar-refractivity contribution in [2.24, 2.45) is 17.8 Å². The summed E-state index contributed by atoms with van der Waals surface area (Å²) in [5.41, 5.74) is 3.04. The van der Waals surface area contributed by atoms with Crippen molar-refractivity contribution in [3.8, 4) is 5.75 Å². The molecule has 1 fully saturated rings. The molecule has 2 heterocycles. The number of hydrogen-bond acceptors (Lipinski definition) is 7. The third kappa shape index (κ3) is 4.77. The first kappa shape index (κ1) is 24.8. The third-order valence-corrected chi connectivity index (χ3v) is 7.10. The van der Waals surface area contributed by atoms with Gasteiger partial charge in [-0.1, -0.05) is 24.3 Å². The highest BCUT2D eigenvalue weighted by Gasteiger charge is 2.53. The Morgan fingerprint density at radius 3 is 2.54 bits per heavy atom. The minimum absolute atomic E-state index is 0.124. The van der Waals surface area contributed by atoms with E-state index in [4.69, 9.17) is 0 Å². The Morgan fingerprint density at radius 2 is 1.89 bits per heavy atom. The van der Waals surface area contributed by atoms with Crippen molar-refractivity contribution >= 4 is 23.5 Å². The number of amides is 2. The Balaban J connectivity index is 1.63. The standard InChI is InChI=1S/C27H30N2O6/c1-29-26(34)19-13-18(14-30)24(20(15-31)25(19)27(29)35)23(33)10-9-16(21-7-4-5-11-28-21)12-17-6-2-3-8-22(17)32/h2-8,11-12,19-20,23,25,30-33H,9-10,13-15H2,1H3/b16-12-/t19-,20+,23-,25-/m1/s1. The number of benzene rings is 1. The number of phenols is 1. The average molecular weight is 479 g/mol. The van der Waals surface area contributed by atoms with E-state index in [2.05, 4.69) is 4.98 Å². The Morgan fingerprint density at radius 1 is 1.14 bits per heavy atom. The number of hydrogen-bond donors (Lipinski definition) is 4. The molecule has 0 unspecified atom stereocenters. The Bertz CT molecular complexity index is 1160. The molecule has 8 heteroatoms. The van der Waals surface area contributed by atoms with Crippen LogP contribution in [0.4, 0.5) is 0 Å². The van der Waals surface area contributed by atoms with Crippen molar-refractivity contribution in [2.45, 2.75) is 25.4 Å². The maximum Gasteiger partial charge on any atom is 0.233 e. The SMILES string of the molecule is CN1C(=O)[C@@H]2[C@@H](CC(CO)=C([C@H](O)CC/C(=C/c3ccccc3O)c3ccccn3)[C@@H]2CO)C1=O. The summed E-state index contributed by atoms with van der Waals surface area (Å²) in [6, 6.07) is 12.4. The van der Waals surface area contributed by atoms with E-state index >= 15 is 0 Å². The summed E-state index contributed by atoms with van der Waals surface area (Å²) in [6.45, 7) is -0.775. The smallest absolute Gasteiger partial charge is 0.233 e. The number of para-hydroxylation sites is 1. The minimum atomic E-state index is -1.04. The average Bonchev–Trinajstić information content (AvgIpc) is 3.10. The predicted octanol–water partition coefficient (Wildman–Crippen LogP) is 2.00. The molecule has 2 amide bonds. The topological polar surface area (TPSA) is 131 Å². The lowest BCUT2D eigenvalue weighted by Gasteiger charge is -2.36. The number of allylic oxidation sites excluding steroid dienone is 1. The van der Waals surface area contributed by atoms with E-state index < -0.39 is 30.5 Å². The quantitative estimate of drug-likeness (QED) is 0.337. The second-order valence-corrected chi connectivity index (χ2v) is 9.08. The summed E-state index contributed by atoms with van der Waals surface area (Å²) in [4.78, 5) is 30.8. The molecule has 4 rings (SSSR count). The van der Waals surface area contributed by atoms with E-state index in [0.29, 0.717) is 28.8 Å². The van der Waals surface area contributed by atoms with Gasteiger partial charge in [0, 0.05) is 24.7 Å². The maximum absolute atomic E-state index is 12.8. The van der Waals surface area contributed by atoms with Crippen LogP contribution >= 0.6 is 0 Å². The molecular weight excluding hydrogens is 448 g/mol. The van der Waals surface area contributed by atoms with Crippen molar-refractivity contribution < 1.29 is 30.0 Å². The molecule has 1 aliphatic carbocycles. The first-order chi connectivity index (χ1) is 16.9. The fraction of sp³-hybridized carbons (Fsp3) is 0.370. The molecule has 0 bridgehead atoms. The van der Waals surface area contributed by atoms with Crippen LogP contribution in [0.3, 0.4) is 0 Å². The van der Waals surface area contributed by atoms with Crippen LogP contribution in [0.2, 0.25) is 0 Å². The zero-order valence-electron chi connectivity index (χ0n) is 19.5. The van der Waals surface area contributed by atoms with Crippen molar-refractivity contribution in [1.82, 2.24) is 9.88 Å². The Labute approximate surface area is 203 Å². The summed E-state index contributed by atoms with van der Waals surface area (Å²) in [5.74, 6) is -2.68. The van der Waals surface area contributed by atoms with Crippen LogP contribution < -0.4 is 0 Å². The molecule has 184 valence electrons. The highest BCUT2D eigenvalue weighted by atomic mass is 16.3. The number of likely N-dealkylation sites (tertiary alicyclic amines) is 1. The molecule has 0 spiro atoms. The summed E-state index contributed by atoms with van der Waals surface area (Å²) in [7, 11) is 1.43. The van der Waals surface area contributed by atoms with Gasteiger partial charge < -0.3 is 20.4 Å². The van der Waals surface area contributed by atoms with Gasteiger partial charge in [-0.2, -0.15) is 0 Å². The summed E-state index contributed by atoms with van der Waals surface area (Å²) in [5, 5.41) is 41.7. The van der Waals surface area contributed by atoms with Crippen LogP contribution in [0.5, 0.6) is 5.75 Å². The molecule has 2 aliphatic rings. The van der Waals surface area contributed by atoms with E-state index in [1.165, 1.54) is 7.05 Å². The number of phenolic OH excluding ortho intramolecular Hbond substituents is 1. The van der Waals surface area contributed by atoms with Crippen LogP contribution in [0, 0.1) is 17.8 Å². The van der Waals surface area contributed by atoms with Crippen molar-refractivity contribution in [1.29, 1.82) is 0 Å². The number of imide groups is 1. The van der Waals surface area contributed by atoms with Gasteiger partial charge in [-0.25, -0.2) is 0 Å². The number of aliphatic hydroxyl groups is 3. The number of aromatic hydroxyl groups is 1. The molecule has 0 radical (unpaired) electrons. The van der Waals surface area contributed by atoms with Crippen LogP contribution in [0.15, 0.2) is 59.8 Å². The largest absolute Gasteiger partial charge is 0.507 e. The zero-order valence-corrected chi connectivity index (χ0v) is 19.5. The van der Waals surface area contributed by atoms with Gasteiger partial charge in [-0.3, -0.25) is 19.5 Å². The molecule has 1 aromatic carbocycles. The molecule has 4 atom stereocenters. The molecule has 2 aromatic rings. The first-order valence-electron chi connectivity index (χ1n) is 11.7. The number of pyridine rings is 1. The number of fused-ring (bicyclic) bond motifs is 1. The van der Waals surface area contributed by atoms with Crippen molar-refractivity contribution in [3.05, 3.63) is 71.1 Å². The molecule has 1 aromatic heterocycles. The second-order valence-electron chi connectivity index (χ2n) is 9.08. The van der Waals surface area contributed by atoms with Crippen molar-refractivity contribution in [3.63, 3.8) is 0 Å². The summed E-state index contributed by atoms with van der Waals surface area (Å²) < 4.78 is 0. The second kappa shape index (κ2) is 10.5. The van der Waals surface area contributed by atoms with Gasteiger partial charge in [0.2, 0.25) is 11.8 Å². The van der Waals surface area contributed by atoms with E-state index in [1.807, 2.05) is 24.3 Å². The molecule has 1 aliphatic heterocycles. The fourth-order valence-corrected chi connectivity index (χ4v) is 5.33. The van der Waals surface area contributed by atoms with Gasteiger partial charge in [0.1, 0.15) is 5.75 Å². The van der Waals surface area contributed by atoms with Gasteiger partial charge in [-0.05, 0) is 60.3 Å². The lowest BCUT2D eigenvalue weighted by atomic mass is 9.68. The number of carbonyl (C=O) groups excluding carboxylic acids is 2. The highest BCUT2D eigenvalue weighted by Crippen LogP contribution is 2.45. The van der Waals surface area contributed by atoms with E-state index in [1.54, 1.807) is 30.5 Å². The zero-order chi connectivity index (χ0) is 25.1. The lowest BCUT2D eigenvalue weighted by Crippen LogP contribution is -2.39. The number of rotatable bonds is 8. The first-order valence-corrected chi connectivity index (χ1v) is 11.7. The Hall–Kier alpha value is -3.33. The van der Waals surface area contributed by atoms with Gasteiger partial charge in [0.25, 0.3) is 0 Å². The number of aliphatic hydroxyl groups excluding tert-OH is 3. The fourth-order valence-electron chi connectivity index (χ4n) is 5.33. The highest BCUT2D eigenvalue weighted by molar-refractivity contribution is 6.05. The van der Waals surface area contributed by atoms with E-state index in [0.717, 1.165) is 10.5 Å². The lowest BCUT2D eigenvalue weighted by molar-refractivity contribution is -0.138. The predicted molar refractivity (Wildman–Crippen MR) is 130 cm³/mol. The number of aromatic nitrogens is 1. The summed E-state index contributed by atoms with van der Waals surface area (Å²) in [6.07, 6.45) is 3.24. The molecule has 0 saturated carbocycles. The van der Waals surface area contributed by atoms with Gasteiger partial charge in [0.05, 0.1) is 36.8 Å². The maximum atomic E-state index is 12.8. The molecule has 35 heavy (non-hydrogen) atoms. The van der Waals surface area contributed by atoms with Crippen molar-refractivity contribution in [2.75, 3.05) is 20.3 Å². The Kier molecular flexibility index (Phi) is 7.45. The minimum Gasteiger partial charge on any atom is -0.507 e. The van der Waals surface area contributed by atoms with E-state index in [9.17, 15) is 30.0 Å². The number of nitrogens with zero attached hydrogens (tertiary/aromatic N) is 2. The van der Waals surface area contributed by atoms with Gasteiger partial charge >= 0.3 is 0 Å². The molecular formula is C27H30N2O6. The normalized spacial score (nSPS) is 23.6. The van der Waals surface area contributed by atoms with Crippen LogP contribution in [-0.4, -0.2) is 68.5 Å². The van der Waals surface area contributed by atoms with E-state index in [-0.39, 0.29) is 37.0 Å². The molecule has 1 saturated heterocycles. The number of carbonyl (C=O) groups is 2. The third-order valence-electron chi connectivity index (χ3n) is 7.10. The van der Waals surface area contributed by atoms with Gasteiger partial charge in [0.15, 0.2) is 0 Å². The van der Waals surface area contributed by atoms with Crippen LogP contribution in [0.25, 0.3) is 11.6 Å². The summed E-state index contributed by atoms with van der Waals surface area (Å²) >= 11 is 0. The molecule has 8 nitrogen and oxygen atoms in total.